The smallest absolute Gasteiger partial charge is 0.264 e. The predicted molar refractivity (Wildman–Crippen MR) is 148 cm³/mol. The molecule has 37 heavy (non-hydrogen) atoms. The first-order valence-electron chi connectivity index (χ1n) is 12.7. The van der Waals surface area contributed by atoms with Crippen molar-refractivity contribution in [2.24, 2.45) is 0 Å². The lowest BCUT2D eigenvalue weighted by Gasteiger charge is -2.29. The second-order valence-corrected chi connectivity index (χ2v) is 11.3. The first-order valence-corrected chi connectivity index (χ1v) is 14.1. The molecule has 0 aromatic heterocycles. The van der Waals surface area contributed by atoms with Gasteiger partial charge in [0, 0.05) is 18.8 Å². The fourth-order valence-corrected chi connectivity index (χ4v) is 6.03. The van der Waals surface area contributed by atoms with E-state index in [1.807, 2.05) is 26.0 Å². The van der Waals surface area contributed by atoms with Gasteiger partial charge in [0.05, 0.1) is 23.7 Å². The van der Waals surface area contributed by atoms with Gasteiger partial charge < -0.3 is 15.0 Å². The van der Waals surface area contributed by atoms with Crippen LogP contribution in [0.25, 0.3) is 0 Å². The molecule has 7 nitrogen and oxygen atoms in total. The number of carbonyl (C=O) groups excluding carboxylic acids is 1. The molecule has 1 fully saturated rings. The molecule has 1 aliphatic rings. The summed E-state index contributed by atoms with van der Waals surface area (Å²) < 4.78 is 33.9. The molecule has 1 atom stereocenters. The number of methoxy groups -OCH3 is 1. The van der Waals surface area contributed by atoms with Crippen molar-refractivity contribution in [2.45, 2.75) is 44.0 Å². The highest BCUT2D eigenvalue weighted by atomic mass is 32.2. The van der Waals surface area contributed by atoms with Crippen LogP contribution in [0.15, 0.2) is 77.7 Å². The maximum absolute atomic E-state index is 13.7. The fraction of sp³-hybridized carbons (Fsp3) is 0.345. The van der Waals surface area contributed by atoms with Crippen LogP contribution in [-0.4, -0.2) is 41.1 Å². The van der Waals surface area contributed by atoms with E-state index in [1.165, 1.54) is 32.1 Å². The van der Waals surface area contributed by atoms with Gasteiger partial charge in [0.25, 0.3) is 10.0 Å². The Bertz CT molecular complexity index is 1300. The molecule has 4 rings (SSSR count). The normalized spacial score (nSPS) is 14.6. The zero-order chi connectivity index (χ0) is 26.4. The van der Waals surface area contributed by atoms with Crippen LogP contribution in [-0.2, 0) is 14.8 Å². The van der Waals surface area contributed by atoms with Crippen molar-refractivity contribution in [1.82, 2.24) is 5.32 Å². The second kappa shape index (κ2) is 11.7. The molecule has 1 amide bonds. The number of anilines is 2. The lowest BCUT2D eigenvalue weighted by atomic mass is 10.1. The molecular formula is C29H35N3O4S. The largest absolute Gasteiger partial charge is 0.495 e. The number of hydrogen-bond acceptors (Lipinski definition) is 5. The maximum Gasteiger partial charge on any atom is 0.264 e. The monoisotopic (exact) mass is 521 g/mol. The highest BCUT2D eigenvalue weighted by Gasteiger charge is 2.29. The Morgan fingerprint density at radius 1 is 0.973 bits per heavy atom. The third kappa shape index (κ3) is 6.25. The molecule has 3 aromatic rings. The summed E-state index contributed by atoms with van der Waals surface area (Å²) in [6.07, 6.45) is 3.70. The standard InChI is InChI=1S/C29H35N3O4S/c1-22-11-17-26(18-12-22)37(34,35)32(27-9-5-6-10-28(27)36-3)21-29(33)30-23(2)24-13-15-25(16-14-24)31-19-7-4-8-20-31/h5-6,9-18,23H,4,7-8,19-21H2,1-3H3,(H,30,33). The summed E-state index contributed by atoms with van der Waals surface area (Å²) in [6, 6.07) is 21.3. The van der Waals surface area contributed by atoms with Crippen molar-refractivity contribution >= 4 is 27.3 Å². The Labute approximate surface area is 220 Å². The Kier molecular flexibility index (Phi) is 8.38. The van der Waals surface area contributed by atoms with Gasteiger partial charge in [-0.05, 0) is 75.1 Å². The minimum Gasteiger partial charge on any atom is -0.495 e. The number of nitrogens with one attached hydrogen (secondary N) is 1. The highest BCUT2D eigenvalue weighted by Crippen LogP contribution is 2.32. The highest BCUT2D eigenvalue weighted by molar-refractivity contribution is 7.92. The number of sulfonamides is 1. The van der Waals surface area contributed by atoms with Crippen LogP contribution in [0.2, 0.25) is 0 Å². The third-order valence-corrected chi connectivity index (χ3v) is 8.52. The molecule has 0 bridgehead atoms. The number of ether oxygens (including phenoxy) is 1. The zero-order valence-electron chi connectivity index (χ0n) is 21.7. The van der Waals surface area contributed by atoms with E-state index in [1.54, 1.807) is 48.5 Å². The molecule has 1 unspecified atom stereocenters. The van der Waals surface area contributed by atoms with Gasteiger partial charge in [-0.3, -0.25) is 9.10 Å². The van der Waals surface area contributed by atoms with E-state index in [2.05, 4.69) is 22.3 Å². The molecule has 0 spiro atoms. The summed E-state index contributed by atoms with van der Waals surface area (Å²) in [5.74, 6) is -0.0402. The first kappa shape index (κ1) is 26.5. The molecule has 0 saturated carbocycles. The zero-order valence-corrected chi connectivity index (χ0v) is 22.5. The van der Waals surface area contributed by atoms with Crippen LogP contribution in [0, 0.1) is 6.92 Å². The lowest BCUT2D eigenvalue weighted by molar-refractivity contribution is -0.120. The van der Waals surface area contributed by atoms with Crippen molar-refractivity contribution in [3.8, 4) is 5.75 Å². The number of nitrogens with zero attached hydrogens (tertiary/aromatic N) is 2. The molecule has 3 aromatic carbocycles. The fourth-order valence-electron chi connectivity index (χ4n) is 4.60. The molecule has 8 heteroatoms. The van der Waals surface area contributed by atoms with E-state index in [9.17, 15) is 13.2 Å². The van der Waals surface area contributed by atoms with E-state index in [0.29, 0.717) is 11.4 Å². The number of carbonyl (C=O) groups is 1. The summed E-state index contributed by atoms with van der Waals surface area (Å²) in [6.45, 7) is 5.55. The number of piperidine rings is 1. The van der Waals surface area contributed by atoms with Crippen LogP contribution in [0.5, 0.6) is 5.75 Å². The van der Waals surface area contributed by atoms with Crippen LogP contribution in [0.3, 0.4) is 0 Å². The van der Waals surface area contributed by atoms with E-state index in [0.717, 1.165) is 28.5 Å². The van der Waals surface area contributed by atoms with Gasteiger partial charge in [-0.1, -0.05) is 42.0 Å². The molecule has 1 N–H and O–H groups in total. The Hall–Kier alpha value is -3.52. The number of para-hydroxylation sites is 2. The van der Waals surface area contributed by atoms with E-state index >= 15 is 0 Å². The quantitative estimate of drug-likeness (QED) is 0.426. The first-order chi connectivity index (χ1) is 17.8. The topological polar surface area (TPSA) is 79.0 Å². The molecular weight excluding hydrogens is 486 g/mol. The average molecular weight is 522 g/mol. The van der Waals surface area contributed by atoms with Crippen LogP contribution >= 0.6 is 0 Å². The van der Waals surface area contributed by atoms with Gasteiger partial charge in [0.1, 0.15) is 12.3 Å². The Morgan fingerprint density at radius 2 is 1.62 bits per heavy atom. The van der Waals surface area contributed by atoms with Crippen molar-refractivity contribution in [3.05, 3.63) is 83.9 Å². The van der Waals surface area contributed by atoms with Crippen molar-refractivity contribution in [2.75, 3.05) is 35.9 Å². The molecule has 0 aliphatic carbocycles. The second-order valence-electron chi connectivity index (χ2n) is 9.43. The summed E-state index contributed by atoms with van der Waals surface area (Å²) >= 11 is 0. The Balaban J connectivity index is 1.54. The van der Waals surface area contributed by atoms with Gasteiger partial charge in [0.15, 0.2) is 0 Å². The van der Waals surface area contributed by atoms with Crippen LogP contribution < -0.4 is 19.3 Å². The summed E-state index contributed by atoms with van der Waals surface area (Å²) in [7, 11) is -2.55. The SMILES string of the molecule is COc1ccccc1N(CC(=O)NC(C)c1ccc(N2CCCCC2)cc1)S(=O)(=O)c1ccc(C)cc1. The molecule has 196 valence electrons. The molecule has 1 saturated heterocycles. The third-order valence-electron chi connectivity index (χ3n) is 6.74. The number of aryl methyl sites for hydroxylation is 1. The maximum atomic E-state index is 13.7. The Morgan fingerprint density at radius 3 is 2.27 bits per heavy atom. The van der Waals surface area contributed by atoms with E-state index in [-0.39, 0.29) is 17.5 Å². The summed E-state index contributed by atoms with van der Waals surface area (Å²) in [5, 5.41) is 2.97. The summed E-state index contributed by atoms with van der Waals surface area (Å²) in [5.41, 5.74) is 3.40. The number of benzene rings is 3. The predicted octanol–water partition coefficient (Wildman–Crippen LogP) is 5.07. The van der Waals surface area contributed by atoms with Crippen molar-refractivity contribution in [3.63, 3.8) is 0 Å². The van der Waals surface area contributed by atoms with Crippen molar-refractivity contribution in [1.29, 1.82) is 0 Å². The van der Waals surface area contributed by atoms with Gasteiger partial charge in [-0.25, -0.2) is 8.42 Å². The number of hydrogen-bond donors (Lipinski definition) is 1. The van der Waals surface area contributed by atoms with Gasteiger partial charge in [-0.2, -0.15) is 0 Å². The van der Waals surface area contributed by atoms with Crippen LogP contribution in [0.4, 0.5) is 11.4 Å². The molecule has 1 heterocycles. The lowest BCUT2D eigenvalue weighted by Crippen LogP contribution is -2.41. The minimum absolute atomic E-state index is 0.109. The molecule has 1 aliphatic heterocycles. The minimum atomic E-state index is -4.03. The van der Waals surface area contributed by atoms with Gasteiger partial charge in [0.2, 0.25) is 5.91 Å². The van der Waals surface area contributed by atoms with E-state index in [4.69, 9.17) is 4.74 Å². The van der Waals surface area contributed by atoms with Gasteiger partial charge in [-0.15, -0.1) is 0 Å². The van der Waals surface area contributed by atoms with E-state index < -0.39 is 15.9 Å². The van der Waals surface area contributed by atoms with Gasteiger partial charge >= 0.3 is 0 Å². The summed E-state index contributed by atoms with van der Waals surface area (Å²) in [4.78, 5) is 15.7. The van der Waals surface area contributed by atoms with Crippen LogP contribution in [0.1, 0.15) is 43.4 Å². The number of rotatable bonds is 9. The number of amides is 1. The average Bonchev–Trinajstić information content (AvgIpc) is 2.92. The van der Waals surface area contributed by atoms with Crippen molar-refractivity contribution < 1.29 is 17.9 Å². The molecule has 0 radical (unpaired) electrons.